The Labute approximate surface area is 163 Å². The summed E-state index contributed by atoms with van der Waals surface area (Å²) in [5.74, 6) is 0. The average molecular weight is 387 g/mol. The monoisotopic (exact) mass is 386 g/mol. The van der Waals surface area contributed by atoms with Crippen LogP contribution in [0, 0.1) is 6.92 Å². The number of pyridine rings is 1. The van der Waals surface area contributed by atoms with Crippen molar-refractivity contribution in [3.05, 3.63) is 58.9 Å². The van der Waals surface area contributed by atoms with E-state index in [1.165, 1.54) is 0 Å². The van der Waals surface area contributed by atoms with Gasteiger partial charge in [0.2, 0.25) is 0 Å². The van der Waals surface area contributed by atoms with Crippen LogP contribution in [-0.2, 0) is 17.7 Å². The summed E-state index contributed by atoms with van der Waals surface area (Å²) in [5.41, 5.74) is 3.75. The zero-order valence-electron chi connectivity index (χ0n) is 15.5. The number of rotatable bonds is 7. The number of nitrogens with one attached hydrogen (secondary N) is 2. The first-order valence-corrected chi connectivity index (χ1v) is 9.19. The van der Waals surface area contributed by atoms with E-state index in [1.807, 2.05) is 19.1 Å². The lowest BCUT2D eigenvalue weighted by atomic mass is 10.1. The first kappa shape index (κ1) is 19.2. The predicted octanol–water partition coefficient (Wildman–Crippen LogP) is 4.01. The van der Waals surface area contributed by atoms with E-state index in [-0.39, 0.29) is 6.03 Å². The van der Waals surface area contributed by atoms with Crippen LogP contribution >= 0.6 is 11.6 Å². The average Bonchev–Trinajstić information content (AvgIpc) is 3.01. The van der Waals surface area contributed by atoms with Crippen LogP contribution in [-0.4, -0.2) is 35.8 Å². The van der Waals surface area contributed by atoms with Crippen LogP contribution in [0.5, 0.6) is 0 Å². The second-order valence-electron chi connectivity index (χ2n) is 6.31. The minimum Gasteiger partial charge on any atom is -0.383 e. The fourth-order valence-electron chi connectivity index (χ4n) is 2.96. The van der Waals surface area contributed by atoms with Crippen molar-refractivity contribution in [2.75, 3.05) is 25.6 Å². The summed E-state index contributed by atoms with van der Waals surface area (Å²) in [6, 6.07) is 9.14. The highest BCUT2D eigenvalue weighted by Gasteiger charge is 2.10. The highest BCUT2D eigenvalue weighted by Crippen LogP contribution is 2.21. The number of aromatic nitrogens is 2. The van der Waals surface area contributed by atoms with E-state index in [9.17, 15) is 4.79 Å². The number of hydrogen-bond acceptors (Lipinski definition) is 3. The highest BCUT2D eigenvalue weighted by molar-refractivity contribution is 6.31. The van der Waals surface area contributed by atoms with Crippen LogP contribution in [0.1, 0.15) is 11.1 Å². The molecule has 1 aromatic carbocycles. The fraction of sp³-hybridized carbons (Fsp3) is 0.300. The van der Waals surface area contributed by atoms with Crippen LogP contribution in [0.3, 0.4) is 0 Å². The molecule has 0 saturated carbocycles. The number of carbonyl (C=O) groups excluding carboxylic acids is 1. The maximum atomic E-state index is 12.2. The van der Waals surface area contributed by atoms with Crippen molar-refractivity contribution in [3.63, 3.8) is 0 Å². The third-order valence-corrected chi connectivity index (χ3v) is 4.62. The number of carbonyl (C=O) groups is 1. The fourth-order valence-corrected chi connectivity index (χ4v) is 3.13. The Balaban J connectivity index is 1.61. The zero-order valence-corrected chi connectivity index (χ0v) is 16.2. The van der Waals surface area contributed by atoms with Gasteiger partial charge in [0, 0.05) is 48.7 Å². The summed E-state index contributed by atoms with van der Waals surface area (Å²) < 4.78 is 7.25. The van der Waals surface area contributed by atoms with Crippen LogP contribution in [0.15, 0.2) is 42.7 Å². The Bertz CT molecular complexity index is 939. The molecule has 27 heavy (non-hydrogen) atoms. The maximum absolute atomic E-state index is 12.2. The Morgan fingerprint density at radius 2 is 2.19 bits per heavy atom. The van der Waals surface area contributed by atoms with Crippen molar-refractivity contribution in [2.45, 2.75) is 19.9 Å². The van der Waals surface area contributed by atoms with Gasteiger partial charge in [-0.2, -0.15) is 0 Å². The molecule has 3 aromatic rings. The van der Waals surface area contributed by atoms with Crippen LogP contribution in [0.2, 0.25) is 5.02 Å². The molecular formula is C20H23ClN4O2. The van der Waals surface area contributed by atoms with E-state index >= 15 is 0 Å². The molecule has 0 aliphatic rings. The first-order valence-electron chi connectivity index (χ1n) is 8.81. The number of ether oxygens (including phenoxy) is 1. The summed E-state index contributed by atoms with van der Waals surface area (Å²) in [6.45, 7) is 3.81. The van der Waals surface area contributed by atoms with Gasteiger partial charge in [-0.05, 0) is 48.7 Å². The SMILES string of the molecule is COCCn1cc(CCNC(=O)Nc2cc(Cl)ccc2C)c2cccnc21. The van der Waals surface area contributed by atoms with E-state index < -0.39 is 0 Å². The molecule has 2 N–H and O–H groups in total. The Hall–Kier alpha value is -2.57. The molecule has 0 unspecified atom stereocenters. The molecule has 0 radical (unpaired) electrons. The standard InChI is InChI=1S/C20H23ClN4O2/c1-14-5-6-16(21)12-18(14)24-20(26)23-9-7-15-13-25(10-11-27-2)19-17(15)4-3-8-22-19/h3-6,8,12-13H,7,9-11H2,1-2H3,(H2,23,24,26). The first-order chi connectivity index (χ1) is 13.1. The lowest BCUT2D eigenvalue weighted by molar-refractivity contribution is 0.188. The molecule has 142 valence electrons. The molecule has 2 aromatic heterocycles. The number of amides is 2. The van der Waals surface area contributed by atoms with Gasteiger partial charge in [0.1, 0.15) is 5.65 Å². The van der Waals surface area contributed by atoms with Crippen molar-refractivity contribution in [2.24, 2.45) is 0 Å². The minimum atomic E-state index is -0.249. The molecule has 3 rings (SSSR count). The van der Waals surface area contributed by atoms with E-state index in [0.29, 0.717) is 30.3 Å². The van der Waals surface area contributed by atoms with Gasteiger partial charge in [0.05, 0.1) is 6.61 Å². The molecule has 0 spiro atoms. The van der Waals surface area contributed by atoms with Crippen molar-refractivity contribution in [3.8, 4) is 0 Å². The number of fused-ring (bicyclic) bond motifs is 1. The smallest absolute Gasteiger partial charge is 0.319 e. The second kappa shape index (κ2) is 8.88. The number of aryl methyl sites for hydroxylation is 1. The Kier molecular flexibility index (Phi) is 6.32. The molecule has 0 atom stereocenters. The largest absolute Gasteiger partial charge is 0.383 e. The van der Waals surface area contributed by atoms with E-state index in [0.717, 1.165) is 28.7 Å². The third-order valence-electron chi connectivity index (χ3n) is 4.38. The highest BCUT2D eigenvalue weighted by atomic mass is 35.5. The molecule has 0 bridgehead atoms. The normalized spacial score (nSPS) is 10.9. The van der Waals surface area contributed by atoms with E-state index in [1.54, 1.807) is 25.4 Å². The zero-order chi connectivity index (χ0) is 19.2. The molecule has 0 fully saturated rings. The number of benzene rings is 1. The van der Waals surface area contributed by atoms with Gasteiger partial charge in [0.15, 0.2) is 0 Å². The molecule has 0 aliphatic heterocycles. The van der Waals surface area contributed by atoms with E-state index in [2.05, 4.69) is 32.4 Å². The summed E-state index contributed by atoms with van der Waals surface area (Å²) in [5, 5.41) is 7.42. The van der Waals surface area contributed by atoms with Crippen molar-refractivity contribution < 1.29 is 9.53 Å². The van der Waals surface area contributed by atoms with Crippen molar-refractivity contribution in [1.29, 1.82) is 0 Å². The number of hydrogen-bond donors (Lipinski definition) is 2. The topological polar surface area (TPSA) is 68.2 Å². The van der Waals surface area contributed by atoms with Gasteiger partial charge in [-0.1, -0.05) is 17.7 Å². The predicted molar refractivity (Wildman–Crippen MR) is 109 cm³/mol. The van der Waals surface area contributed by atoms with Gasteiger partial charge in [-0.3, -0.25) is 0 Å². The second-order valence-corrected chi connectivity index (χ2v) is 6.74. The van der Waals surface area contributed by atoms with Gasteiger partial charge >= 0.3 is 6.03 Å². The van der Waals surface area contributed by atoms with Gasteiger partial charge in [-0.15, -0.1) is 0 Å². The third kappa shape index (κ3) is 4.78. The van der Waals surface area contributed by atoms with E-state index in [4.69, 9.17) is 16.3 Å². The number of nitrogens with zero attached hydrogens (tertiary/aromatic N) is 2. The van der Waals surface area contributed by atoms with Crippen LogP contribution in [0.4, 0.5) is 10.5 Å². The molecule has 7 heteroatoms. The Morgan fingerprint density at radius 3 is 3.00 bits per heavy atom. The molecule has 0 saturated heterocycles. The summed E-state index contributed by atoms with van der Waals surface area (Å²) in [7, 11) is 1.68. The van der Waals surface area contributed by atoms with Crippen LogP contribution in [0.25, 0.3) is 11.0 Å². The Morgan fingerprint density at radius 1 is 1.33 bits per heavy atom. The van der Waals surface area contributed by atoms with Crippen molar-refractivity contribution >= 4 is 34.4 Å². The summed E-state index contributed by atoms with van der Waals surface area (Å²) in [6.07, 6.45) is 4.58. The maximum Gasteiger partial charge on any atom is 0.319 e. The summed E-state index contributed by atoms with van der Waals surface area (Å²) >= 11 is 5.99. The molecule has 2 amide bonds. The number of halogens is 1. The minimum absolute atomic E-state index is 0.249. The van der Waals surface area contributed by atoms with Crippen LogP contribution < -0.4 is 10.6 Å². The molecule has 6 nitrogen and oxygen atoms in total. The molecule has 0 aliphatic carbocycles. The molecule has 2 heterocycles. The van der Waals surface area contributed by atoms with Gasteiger partial charge in [-0.25, -0.2) is 9.78 Å². The van der Waals surface area contributed by atoms with Gasteiger partial charge < -0.3 is 19.9 Å². The lowest BCUT2D eigenvalue weighted by Gasteiger charge is -2.10. The lowest BCUT2D eigenvalue weighted by Crippen LogP contribution is -2.30. The van der Waals surface area contributed by atoms with Gasteiger partial charge in [0.25, 0.3) is 0 Å². The van der Waals surface area contributed by atoms with Crippen molar-refractivity contribution in [1.82, 2.24) is 14.9 Å². The number of anilines is 1. The number of methoxy groups -OCH3 is 1. The summed E-state index contributed by atoms with van der Waals surface area (Å²) in [4.78, 5) is 16.6. The number of urea groups is 1. The molecular weight excluding hydrogens is 364 g/mol. The quantitative estimate of drug-likeness (QED) is 0.644.